The van der Waals surface area contributed by atoms with Crippen LogP contribution in [-0.2, 0) is 23.9 Å². The van der Waals surface area contributed by atoms with Crippen molar-refractivity contribution in [2.24, 2.45) is 5.92 Å². The lowest BCUT2D eigenvalue weighted by Crippen LogP contribution is -2.24. The minimum atomic E-state index is -0.789. The van der Waals surface area contributed by atoms with E-state index in [1.165, 1.54) is 26.2 Å². The van der Waals surface area contributed by atoms with E-state index in [2.05, 4.69) is 4.74 Å². The van der Waals surface area contributed by atoms with Crippen LogP contribution in [0.3, 0.4) is 0 Å². The topological polar surface area (TPSA) is 96.0 Å². The molecule has 0 bridgehead atoms. The third kappa shape index (κ3) is 6.13. The average molecular weight is 320 g/mol. The Kier molecular flexibility index (Phi) is 7.19. The summed E-state index contributed by atoms with van der Waals surface area (Å²) in [5, 5.41) is 0. The second-order valence-corrected chi connectivity index (χ2v) is 4.46. The Morgan fingerprint density at radius 2 is 1.78 bits per heavy atom. The lowest BCUT2D eigenvalue weighted by molar-refractivity contribution is -0.146. The maximum absolute atomic E-state index is 11.9. The van der Waals surface area contributed by atoms with Gasteiger partial charge in [0.1, 0.15) is 12.4 Å². The van der Waals surface area contributed by atoms with Crippen LogP contribution in [0.15, 0.2) is 36.4 Å². The van der Waals surface area contributed by atoms with Gasteiger partial charge in [0.25, 0.3) is 0 Å². The summed E-state index contributed by atoms with van der Waals surface area (Å²) in [6, 6.07) is 6.26. The zero-order valence-electron chi connectivity index (χ0n) is 12.7. The quantitative estimate of drug-likeness (QED) is 0.323. The molecule has 0 amide bonds. The van der Waals surface area contributed by atoms with Gasteiger partial charge in [0.15, 0.2) is 6.29 Å². The van der Waals surface area contributed by atoms with Crippen molar-refractivity contribution in [3.63, 3.8) is 0 Å². The fourth-order valence-electron chi connectivity index (χ4n) is 1.41. The number of hydrogen-bond donors (Lipinski definition) is 0. The van der Waals surface area contributed by atoms with Gasteiger partial charge in [-0.3, -0.25) is 9.59 Å². The van der Waals surface area contributed by atoms with E-state index in [0.29, 0.717) is 6.29 Å². The molecule has 0 fully saturated rings. The van der Waals surface area contributed by atoms with Gasteiger partial charge in [-0.2, -0.15) is 0 Å². The molecule has 1 atom stereocenters. The number of carbonyl (C=O) groups excluding carboxylic acids is 4. The molecule has 23 heavy (non-hydrogen) atoms. The first-order valence-electron chi connectivity index (χ1n) is 6.66. The van der Waals surface area contributed by atoms with Crippen molar-refractivity contribution < 1.29 is 33.4 Å². The molecule has 0 spiro atoms. The Bertz CT molecular complexity index is 619. The smallest absolute Gasteiger partial charge is 0.331 e. The summed E-state index contributed by atoms with van der Waals surface area (Å²) < 4.78 is 14.2. The molecule has 1 aromatic carbocycles. The minimum absolute atomic E-state index is 0.135. The highest BCUT2D eigenvalue weighted by Gasteiger charge is 2.18. The highest BCUT2D eigenvalue weighted by Crippen LogP contribution is 2.17. The van der Waals surface area contributed by atoms with E-state index in [-0.39, 0.29) is 17.9 Å². The Morgan fingerprint density at radius 1 is 1.13 bits per heavy atom. The number of hydrogen-bond acceptors (Lipinski definition) is 7. The molecule has 0 saturated carbocycles. The second-order valence-electron chi connectivity index (χ2n) is 4.46. The molecule has 1 rings (SSSR count). The van der Waals surface area contributed by atoms with Gasteiger partial charge in [0.2, 0.25) is 0 Å². The highest BCUT2D eigenvalue weighted by molar-refractivity contribution is 5.91. The van der Waals surface area contributed by atoms with Crippen LogP contribution < -0.4 is 4.74 Å². The lowest BCUT2D eigenvalue weighted by Gasteiger charge is -2.12. The molecule has 1 aromatic rings. The van der Waals surface area contributed by atoms with Gasteiger partial charge in [-0.25, -0.2) is 9.59 Å². The van der Waals surface area contributed by atoms with Crippen LogP contribution in [-0.4, -0.2) is 37.9 Å². The van der Waals surface area contributed by atoms with E-state index in [1.807, 2.05) is 0 Å². The van der Waals surface area contributed by atoms with Crippen LogP contribution in [0.4, 0.5) is 0 Å². The predicted octanol–water partition coefficient (Wildman–Crippen LogP) is 1.31. The first-order chi connectivity index (χ1) is 11.0. The Morgan fingerprint density at radius 3 is 2.43 bits per heavy atom. The molecule has 7 heteroatoms. The lowest BCUT2D eigenvalue weighted by atomic mass is 10.2. The summed E-state index contributed by atoms with van der Waals surface area (Å²) in [6.45, 7) is 1.27. The van der Waals surface area contributed by atoms with Crippen molar-refractivity contribution in [1.29, 1.82) is 0 Å². The molecule has 122 valence electrons. The minimum Gasteiger partial charge on any atom is -0.466 e. The number of para-hydroxylation sites is 1. The maximum atomic E-state index is 11.9. The van der Waals surface area contributed by atoms with E-state index < -0.39 is 23.8 Å². The van der Waals surface area contributed by atoms with Gasteiger partial charge >= 0.3 is 17.9 Å². The molecule has 7 nitrogen and oxygen atoms in total. The zero-order valence-corrected chi connectivity index (χ0v) is 12.7. The molecule has 0 aliphatic carbocycles. The molecule has 0 aliphatic heterocycles. The molecular formula is C16H16O7. The Balaban J connectivity index is 2.51. The predicted molar refractivity (Wildman–Crippen MR) is 78.7 cm³/mol. The average Bonchev–Trinajstić information content (AvgIpc) is 2.57. The van der Waals surface area contributed by atoms with Gasteiger partial charge in [-0.05, 0) is 19.1 Å². The molecule has 0 N–H and O–H groups in total. The van der Waals surface area contributed by atoms with Gasteiger partial charge in [-0.15, -0.1) is 0 Å². The van der Waals surface area contributed by atoms with Crippen molar-refractivity contribution in [2.45, 2.75) is 6.92 Å². The molecule has 0 radical (unpaired) electrons. The largest absolute Gasteiger partial charge is 0.466 e. The normalized spacial score (nSPS) is 11.6. The van der Waals surface area contributed by atoms with Gasteiger partial charge in [0, 0.05) is 12.2 Å². The monoisotopic (exact) mass is 320 g/mol. The maximum Gasteiger partial charge on any atom is 0.331 e. The summed E-state index contributed by atoms with van der Waals surface area (Å²) in [6.07, 6.45) is 2.38. The molecule has 0 aliphatic rings. The number of carbonyl (C=O) groups is 4. The van der Waals surface area contributed by atoms with Crippen molar-refractivity contribution in [3.05, 3.63) is 42.0 Å². The molecule has 0 heterocycles. The fraction of sp³-hybridized carbons (Fsp3) is 0.250. The SMILES string of the molecule is COC(=O)/C=C/C(=O)OCC(C)C(=O)Oc1ccccc1C=O. The summed E-state index contributed by atoms with van der Waals surface area (Å²) in [4.78, 5) is 44.9. The molecular weight excluding hydrogens is 304 g/mol. The van der Waals surface area contributed by atoms with Crippen molar-refractivity contribution >= 4 is 24.2 Å². The Hall–Kier alpha value is -2.96. The van der Waals surface area contributed by atoms with Crippen LogP contribution in [0.2, 0.25) is 0 Å². The van der Waals surface area contributed by atoms with E-state index in [9.17, 15) is 19.2 Å². The summed E-state index contributed by atoms with van der Waals surface area (Å²) in [5.74, 6) is -2.74. The van der Waals surface area contributed by atoms with Crippen LogP contribution >= 0.6 is 0 Å². The first kappa shape index (κ1) is 18.1. The van der Waals surface area contributed by atoms with Crippen molar-refractivity contribution in [3.8, 4) is 5.75 Å². The number of rotatable bonds is 7. The summed E-state index contributed by atoms with van der Waals surface area (Å²) in [5.41, 5.74) is 0.242. The standard InChI is InChI=1S/C16H16O7/c1-11(10-22-15(19)8-7-14(18)21-2)16(20)23-13-6-4-3-5-12(13)9-17/h3-9,11H,10H2,1-2H3/b8-7+. The third-order valence-corrected chi connectivity index (χ3v) is 2.69. The number of esters is 3. The van der Waals surface area contributed by atoms with Crippen LogP contribution in [0.5, 0.6) is 5.75 Å². The molecule has 0 aromatic heterocycles. The molecule has 0 saturated heterocycles. The number of ether oxygens (including phenoxy) is 3. The molecule has 1 unspecified atom stereocenters. The number of aldehydes is 1. The summed E-state index contributed by atoms with van der Waals surface area (Å²) >= 11 is 0. The van der Waals surface area contributed by atoms with Crippen LogP contribution in [0, 0.1) is 5.92 Å². The summed E-state index contributed by atoms with van der Waals surface area (Å²) in [7, 11) is 1.17. The number of benzene rings is 1. The van der Waals surface area contributed by atoms with Gasteiger partial charge in [-0.1, -0.05) is 12.1 Å². The van der Waals surface area contributed by atoms with Gasteiger partial charge in [0.05, 0.1) is 18.6 Å². The second kappa shape index (κ2) is 9.14. The van der Waals surface area contributed by atoms with Crippen LogP contribution in [0.25, 0.3) is 0 Å². The van der Waals surface area contributed by atoms with E-state index >= 15 is 0 Å². The zero-order chi connectivity index (χ0) is 17.2. The highest BCUT2D eigenvalue weighted by atomic mass is 16.6. The van der Waals surface area contributed by atoms with E-state index in [1.54, 1.807) is 12.1 Å². The Labute approximate surface area is 132 Å². The van der Waals surface area contributed by atoms with Crippen molar-refractivity contribution in [2.75, 3.05) is 13.7 Å². The van der Waals surface area contributed by atoms with Crippen LogP contribution in [0.1, 0.15) is 17.3 Å². The third-order valence-electron chi connectivity index (χ3n) is 2.69. The van der Waals surface area contributed by atoms with Crippen molar-refractivity contribution in [1.82, 2.24) is 0 Å². The van der Waals surface area contributed by atoms with E-state index in [0.717, 1.165) is 12.2 Å². The number of methoxy groups -OCH3 is 1. The fourth-order valence-corrected chi connectivity index (χ4v) is 1.41. The van der Waals surface area contributed by atoms with Gasteiger partial charge < -0.3 is 14.2 Å². The van der Waals surface area contributed by atoms with E-state index in [4.69, 9.17) is 9.47 Å². The first-order valence-corrected chi connectivity index (χ1v) is 6.66.